The topological polar surface area (TPSA) is 37.8 Å². The van der Waals surface area contributed by atoms with E-state index in [2.05, 4.69) is 15.3 Å². The molecule has 1 aromatic carbocycles. The Morgan fingerprint density at radius 1 is 1.26 bits per heavy atom. The Kier molecular flexibility index (Phi) is 3.62. The molecule has 1 aliphatic rings. The van der Waals surface area contributed by atoms with Gasteiger partial charge in [-0.05, 0) is 31.0 Å². The molecule has 0 radical (unpaired) electrons. The maximum atomic E-state index is 6.00. The standard InChI is InChI=1S/C14H14ClN3S/c1-16-12-8-13(18-14(17-12)9-5-6-9)19-11-4-2-3-10(15)7-11/h2-4,7-9H,5-6H2,1H3,(H,16,17,18). The molecule has 0 amide bonds. The number of anilines is 1. The third kappa shape index (κ3) is 3.19. The van der Waals surface area contributed by atoms with Crippen LogP contribution in [0.25, 0.3) is 0 Å². The highest BCUT2D eigenvalue weighted by atomic mass is 35.5. The highest BCUT2D eigenvalue weighted by molar-refractivity contribution is 7.99. The van der Waals surface area contributed by atoms with Crippen LogP contribution in [0.3, 0.4) is 0 Å². The van der Waals surface area contributed by atoms with Crippen LogP contribution in [0.1, 0.15) is 24.6 Å². The van der Waals surface area contributed by atoms with Crippen molar-refractivity contribution in [2.45, 2.75) is 28.7 Å². The Morgan fingerprint density at radius 3 is 2.79 bits per heavy atom. The molecule has 3 rings (SSSR count). The monoisotopic (exact) mass is 291 g/mol. The average molecular weight is 292 g/mol. The molecule has 1 aliphatic carbocycles. The summed E-state index contributed by atoms with van der Waals surface area (Å²) < 4.78 is 0. The van der Waals surface area contributed by atoms with E-state index < -0.39 is 0 Å². The van der Waals surface area contributed by atoms with Crippen LogP contribution < -0.4 is 5.32 Å². The van der Waals surface area contributed by atoms with Gasteiger partial charge in [-0.15, -0.1) is 0 Å². The highest BCUT2D eigenvalue weighted by Gasteiger charge is 2.27. The van der Waals surface area contributed by atoms with Crippen molar-refractivity contribution >= 4 is 29.2 Å². The fraction of sp³-hybridized carbons (Fsp3) is 0.286. The van der Waals surface area contributed by atoms with E-state index in [4.69, 9.17) is 11.6 Å². The second-order valence-electron chi connectivity index (χ2n) is 4.53. The summed E-state index contributed by atoms with van der Waals surface area (Å²) in [5.41, 5.74) is 0. The molecule has 0 bridgehead atoms. The molecular weight excluding hydrogens is 278 g/mol. The summed E-state index contributed by atoms with van der Waals surface area (Å²) in [6, 6.07) is 9.78. The molecule has 0 spiro atoms. The Labute approximate surface area is 121 Å². The molecule has 3 nitrogen and oxygen atoms in total. The van der Waals surface area contributed by atoms with Crippen molar-refractivity contribution in [3.8, 4) is 0 Å². The number of nitrogens with one attached hydrogen (secondary N) is 1. The van der Waals surface area contributed by atoms with Gasteiger partial charge < -0.3 is 5.32 Å². The van der Waals surface area contributed by atoms with Gasteiger partial charge in [0.1, 0.15) is 16.7 Å². The summed E-state index contributed by atoms with van der Waals surface area (Å²) in [4.78, 5) is 10.2. The Balaban J connectivity index is 1.89. The van der Waals surface area contributed by atoms with Gasteiger partial charge in [0.2, 0.25) is 0 Å². The predicted molar refractivity (Wildman–Crippen MR) is 79.1 cm³/mol. The molecule has 0 unspecified atom stereocenters. The van der Waals surface area contributed by atoms with Gasteiger partial charge in [-0.25, -0.2) is 9.97 Å². The van der Waals surface area contributed by atoms with Gasteiger partial charge in [-0.1, -0.05) is 29.4 Å². The molecule has 1 aromatic heterocycles. The number of nitrogens with zero attached hydrogens (tertiary/aromatic N) is 2. The molecule has 0 saturated heterocycles. The third-order valence-corrected chi connectivity index (χ3v) is 4.08. The zero-order chi connectivity index (χ0) is 13.2. The van der Waals surface area contributed by atoms with E-state index in [9.17, 15) is 0 Å². The number of aromatic nitrogens is 2. The van der Waals surface area contributed by atoms with Crippen LogP contribution in [0.5, 0.6) is 0 Å². The third-order valence-electron chi connectivity index (χ3n) is 2.94. The fourth-order valence-electron chi connectivity index (χ4n) is 1.80. The lowest BCUT2D eigenvalue weighted by atomic mass is 10.4. The summed E-state index contributed by atoms with van der Waals surface area (Å²) in [5.74, 6) is 2.38. The molecule has 19 heavy (non-hydrogen) atoms. The smallest absolute Gasteiger partial charge is 0.135 e. The maximum absolute atomic E-state index is 6.00. The van der Waals surface area contributed by atoms with Crippen molar-refractivity contribution in [1.82, 2.24) is 9.97 Å². The van der Waals surface area contributed by atoms with E-state index in [1.54, 1.807) is 11.8 Å². The minimum atomic E-state index is 0.548. The molecular formula is C14H14ClN3S. The van der Waals surface area contributed by atoms with E-state index in [1.807, 2.05) is 37.4 Å². The largest absolute Gasteiger partial charge is 0.373 e. The Hall–Kier alpha value is -1.26. The van der Waals surface area contributed by atoms with Gasteiger partial charge in [-0.3, -0.25) is 0 Å². The zero-order valence-electron chi connectivity index (χ0n) is 10.6. The van der Waals surface area contributed by atoms with E-state index in [0.717, 1.165) is 26.6 Å². The van der Waals surface area contributed by atoms with Crippen LogP contribution in [0.4, 0.5) is 5.82 Å². The first-order chi connectivity index (χ1) is 9.24. The Morgan fingerprint density at radius 2 is 2.11 bits per heavy atom. The van der Waals surface area contributed by atoms with Gasteiger partial charge in [0.05, 0.1) is 0 Å². The summed E-state index contributed by atoms with van der Waals surface area (Å²) in [5, 5.41) is 4.80. The van der Waals surface area contributed by atoms with E-state index in [0.29, 0.717) is 5.92 Å². The SMILES string of the molecule is CNc1cc(Sc2cccc(Cl)c2)nc(C2CC2)n1. The second-order valence-corrected chi connectivity index (χ2v) is 6.06. The van der Waals surface area contributed by atoms with Crippen molar-refractivity contribution in [2.75, 3.05) is 12.4 Å². The van der Waals surface area contributed by atoms with Gasteiger partial charge >= 0.3 is 0 Å². The molecule has 2 aromatic rings. The Bertz CT molecular complexity index is 599. The number of halogens is 1. The number of benzene rings is 1. The molecule has 1 heterocycles. The number of rotatable bonds is 4. The van der Waals surface area contributed by atoms with Crippen molar-refractivity contribution in [1.29, 1.82) is 0 Å². The lowest BCUT2D eigenvalue weighted by Crippen LogP contribution is -2.00. The normalized spacial score (nSPS) is 14.4. The molecule has 1 fully saturated rings. The molecule has 1 N–H and O–H groups in total. The minimum absolute atomic E-state index is 0.548. The lowest BCUT2D eigenvalue weighted by molar-refractivity contribution is 0.880. The van der Waals surface area contributed by atoms with Crippen LogP contribution in [0.2, 0.25) is 5.02 Å². The number of hydrogen-bond donors (Lipinski definition) is 1. The molecule has 1 saturated carbocycles. The molecule has 98 valence electrons. The summed E-state index contributed by atoms with van der Waals surface area (Å²) >= 11 is 7.62. The van der Waals surface area contributed by atoms with Gasteiger partial charge in [0, 0.05) is 29.0 Å². The van der Waals surface area contributed by atoms with Crippen molar-refractivity contribution in [2.24, 2.45) is 0 Å². The van der Waals surface area contributed by atoms with Gasteiger partial charge in [-0.2, -0.15) is 0 Å². The average Bonchev–Trinajstić information content (AvgIpc) is 3.22. The quantitative estimate of drug-likeness (QED) is 0.857. The molecule has 0 atom stereocenters. The summed E-state index contributed by atoms with van der Waals surface area (Å²) in [6.45, 7) is 0. The first-order valence-electron chi connectivity index (χ1n) is 6.25. The van der Waals surface area contributed by atoms with Crippen molar-refractivity contribution in [3.63, 3.8) is 0 Å². The highest BCUT2D eigenvalue weighted by Crippen LogP contribution is 2.39. The summed E-state index contributed by atoms with van der Waals surface area (Å²) in [6.07, 6.45) is 2.41. The van der Waals surface area contributed by atoms with Crippen LogP contribution in [-0.4, -0.2) is 17.0 Å². The van der Waals surface area contributed by atoms with Crippen LogP contribution in [-0.2, 0) is 0 Å². The van der Waals surface area contributed by atoms with E-state index in [1.165, 1.54) is 12.8 Å². The maximum Gasteiger partial charge on any atom is 0.135 e. The zero-order valence-corrected chi connectivity index (χ0v) is 12.1. The van der Waals surface area contributed by atoms with Crippen LogP contribution >= 0.6 is 23.4 Å². The minimum Gasteiger partial charge on any atom is -0.373 e. The number of hydrogen-bond acceptors (Lipinski definition) is 4. The summed E-state index contributed by atoms with van der Waals surface area (Å²) in [7, 11) is 1.88. The van der Waals surface area contributed by atoms with E-state index in [-0.39, 0.29) is 0 Å². The van der Waals surface area contributed by atoms with Gasteiger partial charge in [0.15, 0.2) is 0 Å². The lowest BCUT2D eigenvalue weighted by Gasteiger charge is -2.07. The van der Waals surface area contributed by atoms with Crippen molar-refractivity contribution in [3.05, 3.63) is 41.2 Å². The first kappa shape index (κ1) is 12.8. The van der Waals surface area contributed by atoms with Crippen molar-refractivity contribution < 1.29 is 0 Å². The second kappa shape index (κ2) is 5.39. The molecule has 5 heteroatoms. The van der Waals surface area contributed by atoms with E-state index >= 15 is 0 Å². The van der Waals surface area contributed by atoms with Crippen LogP contribution in [0, 0.1) is 0 Å². The van der Waals surface area contributed by atoms with Crippen LogP contribution in [0.15, 0.2) is 40.3 Å². The fourth-order valence-corrected chi connectivity index (χ4v) is 2.94. The molecule has 0 aliphatic heterocycles. The van der Waals surface area contributed by atoms with Gasteiger partial charge in [0.25, 0.3) is 0 Å². The predicted octanol–water partition coefficient (Wildman–Crippen LogP) is 4.20. The first-order valence-corrected chi connectivity index (χ1v) is 7.44.